The van der Waals surface area contributed by atoms with Crippen LogP contribution in [0, 0.1) is 18.3 Å². The molecule has 0 radical (unpaired) electrons. The molecule has 0 bridgehead atoms. The Kier molecular flexibility index (Phi) is 3.06. The van der Waals surface area contributed by atoms with Gasteiger partial charge in [0.25, 0.3) is 0 Å². The molecule has 17 heavy (non-hydrogen) atoms. The number of rotatable bonds is 2. The molecule has 0 aliphatic heterocycles. The lowest BCUT2D eigenvalue weighted by Crippen LogP contribution is -1.89. The second-order valence-corrected chi connectivity index (χ2v) is 3.75. The summed E-state index contributed by atoms with van der Waals surface area (Å²) in [6.07, 6.45) is 3.55. The van der Waals surface area contributed by atoms with Crippen LogP contribution in [0.3, 0.4) is 0 Å². The minimum absolute atomic E-state index is 0.586. The van der Waals surface area contributed by atoms with E-state index in [0.717, 1.165) is 16.7 Å². The zero-order valence-electron chi connectivity index (χ0n) is 9.77. The van der Waals surface area contributed by atoms with Gasteiger partial charge in [0.05, 0.1) is 18.7 Å². The molecular formula is C14H12N2O. The summed E-state index contributed by atoms with van der Waals surface area (Å²) in [5.74, 6) is 0.683. The smallest absolute Gasteiger partial charge is 0.120 e. The Morgan fingerprint density at radius 2 is 2.12 bits per heavy atom. The fourth-order valence-electron chi connectivity index (χ4n) is 1.70. The van der Waals surface area contributed by atoms with E-state index < -0.39 is 0 Å². The van der Waals surface area contributed by atoms with Gasteiger partial charge in [-0.25, -0.2) is 0 Å². The van der Waals surface area contributed by atoms with Crippen LogP contribution < -0.4 is 4.74 Å². The summed E-state index contributed by atoms with van der Waals surface area (Å²) in [4.78, 5) is 4.11. The number of benzene rings is 1. The van der Waals surface area contributed by atoms with Crippen LogP contribution in [0.25, 0.3) is 11.1 Å². The van der Waals surface area contributed by atoms with Crippen molar-refractivity contribution in [3.63, 3.8) is 0 Å². The molecule has 0 aliphatic rings. The number of methoxy groups -OCH3 is 1. The van der Waals surface area contributed by atoms with Crippen molar-refractivity contribution >= 4 is 0 Å². The lowest BCUT2D eigenvalue weighted by atomic mass is 10.0. The first-order valence-corrected chi connectivity index (χ1v) is 5.25. The molecule has 2 aromatic rings. The Morgan fingerprint density at radius 1 is 1.29 bits per heavy atom. The van der Waals surface area contributed by atoms with Gasteiger partial charge in [-0.05, 0) is 42.3 Å². The van der Waals surface area contributed by atoms with Gasteiger partial charge in [0.1, 0.15) is 5.75 Å². The molecule has 0 saturated heterocycles. The molecule has 1 heterocycles. The molecule has 0 aliphatic carbocycles. The molecule has 0 spiro atoms. The van der Waals surface area contributed by atoms with Crippen LogP contribution in [0.15, 0.2) is 36.7 Å². The maximum Gasteiger partial charge on any atom is 0.120 e. The monoisotopic (exact) mass is 224 g/mol. The Hall–Kier alpha value is -2.34. The van der Waals surface area contributed by atoms with Gasteiger partial charge in [-0.3, -0.25) is 4.98 Å². The highest BCUT2D eigenvalue weighted by Gasteiger charge is 2.05. The molecule has 0 amide bonds. The molecule has 3 heteroatoms. The average Bonchev–Trinajstić information content (AvgIpc) is 2.38. The van der Waals surface area contributed by atoms with Crippen LogP contribution in [0.1, 0.15) is 11.1 Å². The van der Waals surface area contributed by atoms with Gasteiger partial charge in [-0.2, -0.15) is 5.26 Å². The number of aryl methyl sites for hydroxylation is 1. The summed E-state index contributed by atoms with van der Waals surface area (Å²) >= 11 is 0. The van der Waals surface area contributed by atoms with Crippen molar-refractivity contribution in [1.82, 2.24) is 4.98 Å². The normalized spacial score (nSPS) is 9.71. The first-order chi connectivity index (χ1) is 8.24. The van der Waals surface area contributed by atoms with Crippen LogP contribution >= 0.6 is 0 Å². The maximum absolute atomic E-state index is 8.98. The van der Waals surface area contributed by atoms with Crippen molar-refractivity contribution in [1.29, 1.82) is 5.26 Å². The van der Waals surface area contributed by atoms with Crippen LogP contribution in [0.2, 0.25) is 0 Å². The van der Waals surface area contributed by atoms with E-state index in [9.17, 15) is 0 Å². The Bertz CT molecular complexity index is 585. The number of pyridine rings is 1. The number of nitriles is 1. The largest absolute Gasteiger partial charge is 0.497 e. The molecule has 0 atom stereocenters. The second-order valence-electron chi connectivity index (χ2n) is 3.75. The summed E-state index contributed by atoms with van der Waals surface area (Å²) in [6, 6.07) is 9.54. The highest BCUT2D eigenvalue weighted by molar-refractivity contribution is 5.69. The molecule has 2 rings (SSSR count). The van der Waals surface area contributed by atoms with E-state index in [-0.39, 0.29) is 0 Å². The van der Waals surface area contributed by atoms with Gasteiger partial charge in [0.2, 0.25) is 0 Å². The third-order valence-corrected chi connectivity index (χ3v) is 2.62. The third-order valence-electron chi connectivity index (χ3n) is 2.62. The van der Waals surface area contributed by atoms with E-state index in [1.165, 1.54) is 0 Å². The fourth-order valence-corrected chi connectivity index (χ4v) is 1.70. The van der Waals surface area contributed by atoms with Gasteiger partial charge < -0.3 is 4.74 Å². The molecule has 1 aromatic carbocycles. The molecule has 1 aromatic heterocycles. The topological polar surface area (TPSA) is 45.9 Å². The number of ether oxygens (including phenoxy) is 1. The van der Waals surface area contributed by atoms with Crippen LogP contribution in [0.5, 0.6) is 5.75 Å². The highest BCUT2D eigenvalue weighted by atomic mass is 16.5. The van der Waals surface area contributed by atoms with Gasteiger partial charge in [0, 0.05) is 18.0 Å². The molecule has 84 valence electrons. The minimum atomic E-state index is 0.586. The molecule has 0 saturated carbocycles. The van der Waals surface area contributed by atoms with Crippen molar-refractivity contribution in [3.8, 4) is 22.9 Å². The summed E-state index contributed by atoms with van der Waals surface area (Å²) in [6.45, 7) is 2.02. The maximum atomic E-state index is 8.98. The predicted molar refractivity (Wildman–Crippen MR) is 65.7 cm³/mol. The minimum Gasteiger partial charge on any atom is -0.497 e. The van der Waals surface area contributed by atoms with Gasteiger partial charge >= 0.3 is 0 Å². The van der Waals surface area contributed by atoms with Crippen molar-refractivity contribution in [2.75, 3.05) is 7.11 Å². The zero-order chi connectivity index (χ0) is 12.3. The SMILES string of the molecule is COc1cc(C#N)cc(-c2cnccc2C)c1. The van der Waals surface area contributed by atoms with E-state index in [4.69, 9.17) is 10.00 Å². The molecule has 0 unspecified atom stereocenters. The standard InChI is InChI=1S/C14H12N2O/c1-10-3-4-16-9-14(10)12-5-11(8-15)6-13(7-12)17-2/h3-7,9H,1-2H3. The third kappa shape index (κ3) is 2.26. The van der Waals surface area contributed by atoms with Crippen LogP contribution in [-0.4, -0.2) is 12.1 Å². The molecule has 0 N–H and O–H groups in total. The number of aromatic nitrogens is 1. The molecule has 3 nitrogen and oxygen atoms in total. The Morgan fingerprint density at radius 3 is 2.76 bits per heavy atom. The van der Waals surface area contributed by atoms with E-state index >= 15 is 0 Å². The number of hydrogen-bond donors (Lipinski definition) is 0. The Balaban J connectivity index is 2.60. The molecule has 0 fully saturated rings. The molecular weight excluding hydrogens is 212 g/mol. The first-order valence-electron chi connectivity index (χ1n) is 5.25. The highest BCUT2D eigenvalue weighted by Crippen LogP contribution is 2.27. The quantitative estimate of drug-likeness (QED) is 0.787. The van der Waals surface area contributed by atoms with Crippen molar-refractivity contribution < 1.29 is 4.74 Å². The van der Waals surface area contributed by atoms with Crippen molar-refractivity contribution in [2.24, 2.45) is 0 Å². The van der Waals surface area contributed by atoms with Crippen LogP contribution in [0.4, 0.5) is 0 Å². The number of hydrogen-bond acceptors (Lipinski definition) is 3. The van der Waals surface area contributed by atoms with Gasteiger partial charge in [-0.1, -0.05) is 0 Å². The lowest BCUT2D eigenvalue weighted by Gasteiger charge is -2.08. The average molecular weight is 224 g/mol. The predicted octanol–water partition coefficient (Wildman–Crippen LogP) is 2.94. The van der Waals surface area contributed by atoms with E-state index in [1.54, 1.807) is 25.6 Å². The van der Waals surface area contributed by atoms with E-state index in [0.29, 0.717) is 11.3 Å². The van der Waals surface area contributed by atoms with E-state index in [1.807, 2.05) is 25.1 Å². The second kappa shape index (κ2) is 4.67. The first kappa shape index (κ1) is 11.2. The number of nitrogens with zero attached hydrogens (tertiary/aromatic N) is 2. The summed E-state index contributed by atoms with van der Waals surface area (Å²) in [7, 11) is 1.59. The van der Waals surface area contributed by atoms with E-state index in [2.05, 4.69) is 11.1 Å². The Labute approximate surface area is 100 Å². The summed E-state index contributed by atoms with van der Waals surface area (Å²) < 4.78 is 5.19. The fraction of sp³-hybridized carbons (Fsp3) is 0.143. The van der Waals surface area contributed by atoms with Gasteiger partial charge in [0.15, 0.2) is 0 Å². The van der Waals surface area contributed by atoms with Crippen molar-refractivity contribution in [2.45, 2.75) is 6.92 Å². The van der Waals surface area contributed by atoms with Gasteiger partial charge in [-0.15, -0.1) is 0 Å². The van der Waals surface area contributed by atoms with Crippen molar-refractivity contribution in [3.05, 3.63) is 47.8 Å². The lowest BCUT2D eigenvalue weighted by molar-refractivity contribution is 0.415. The summed E-state index contributed by atoms with van der Waals surface area (Å²) in [5, 5.41) is 8.98. The summed E-state index contributed by atoms with van der Waals surface area (Å²) in [5.41, 5.74) is 3.68. The van der Waals surface area contributed by atoms with Crippen LogP contribution in [-0.2, 0) is 0 Å². The zero-order valence-corrected chi connectivity index (χ0v) is 9.77.